The summed E-state index contributed by atoms with van der Waals surface area (Å²) in [6.07, 6.45) is -4.82. The van der Waals surface area contributed by atoms with Crippen LogP contribution in [0.4, 0.5) is 13.2 Å². The van der Waals surface area contributed by atoms with Crippen molar-refractivity contribution < 1.29 is 21.6 Å². The Kier molecular flexibility index (Phi) is 6.57. The molecule has 2 aromatic carbocycles. The van der Waals surface area contributed by atoms with Crippen molar-refractivity contribution in [3.63, 3.8) is 0 Å². The van der Waals surface area contributed by atoms with Crippen molar-refractivity contribution in [1.82, 2.24) is 4.72 Å². The molecule has 2 rings (SSSR count). The molecule has 8 heteroatoms. The van der Waals surface area contributed by atoms with Gasteiger partial charge in [0.15, 0.2) is 0 Å². The van der Waals surface area contributed by atoms with Crippen LogP contribution in [-0.4, -0.2) is 20.6 Å². The van der Waals surface area contributed by atoms with Gasteiger partial charge < -0.3 is 0 Å². The maximum absolute atomic E-state index is 13.9. The molecule has 0 aromatic heterocycles. The summed E-state index contributed by atoms with van der Waals surface area (Å²) in [5, 5.41) is -1.39. The third kappa shape index (κ3) is 4.72. The Bertz CT molecular complexity index is 942. The summed E-state index contributed by atoms with van der Waals surface area (Å²) in [5.41, 5.74) is 3.24. The van der Waals surface area contributed by atoms with Gasteiger partial charge in [-0.15, -0.1) is 0 Å². The molecule has 2 aromatic rings. The van der Waals surface area contributed by atoms with E-state index < -0.39 is 27.5 Å². The van der Waals surface area contributed by atoms with Gasteiger partial charge in [-0.2, -0.15) is 30.5 Å². The predicted octanol–water partition coefficient (Wildman–Crippen LogP) is 5.11. The lowest BCUT2D eigenvalue weighted by Crippen LogP contribution is -2.48. The molecule has 0 aliphatic heterocycles. The second-order valence-electron chi connectivity index (χ2n) is 7.12. The van der Waals surface area contributed by atoms with E-state index in [1.165, 1.54) is 0 Å². The first-order valence-corrected chi connectivity index (χ1v) is 10.7. The average molecular weight is 432 g/mol. The van der Waals surface area contributed by atoms with Crippen molar-refractivity contribution in [3.05, 3.63) is 63.7 Å². The number of halogens is 3. The van der Waals surface area contributed by atoms with Crippen LogP contribution in [0, 0.1) is 34.6 Å². The smallest absolute Gasteiger partial charge is 0.207 e. The van der Waals surface area contributed by atoms with Crippen molar-refractivity contribution in [2.45, 2.75) is 57.0 Å². The van der Waals surface area contributed by atoms with Crippen LogP contribution in [0.3, 0.4) is 0 Å². The summed E-state index contributed by atoms with van der Waals surface area (Å²) in [7, 11) is -4.42. The molecule has 0 aliphatic carbocycles. The SMILES string of the molecule is Cc1cc(C)c(S(=O)(=O)NC(C(S)c2c(C)cccc2C)C(F)(F)F)c(C)c1. The predicted molar refractivity (Wildman–Crippen MR) is 108 cm³/mol. The Morgan fingerprint density at radius 1 is 0.929 bits per heavy atom. The van der Waals surface area contributed by atoms with Crippen molar-refractivity contribution in [1.29, 1.82) is 0 Å². The summed E-state index contributed by atoms with van der Waals surface area (Å²) in [5.74, 6) is 0. The lowest BCUT2D eigenvalue weighted by atomic mass is 9.96. The van der Waals surface area contributed by atoms with E-state index in [1.807, 2.05) is 4.72 Å². The molecule has 2 atom stereocenters. The Labute approximate surface area is 169 Å². The molecular formula is C20H24F3NO2S2. The molecule has 0 saturated carbocycles. The number of hydrogen-bond acceptors (Lipinski definition) is 3. The van der Waals surface area contributed by atoms with Gasteiger partial charge in [-0.05, 0) is 62.4 Å². The van der Waals surface area contributed by atoms with Crippen molar-refractivity contribution in [2.75, 3.05) is 0 Å². The first-order valence-electron chi connectivity index (χ1n) is 8.66. The highest BCUT2D eigenvalue weighted by atomic mass is 32.2. The molecule has 0 amide bonds. The molecule has 1 N–H and O–H groups in total. The monoisotopic (exact) mass is 431 g/mol. The molecule has 0 saturated heterocycles. The van der Waals surface area contributed by atoms with E-state index >= 15 is 0 Å². The van der Waals surface area contributed by atoms with E-state index in [-0.39, 0.29) is 4.90 Å². The van der Waals surface area contributed by atoms with Gasteiger partial charge in [-0.3, -0.25) is 0 Å². The third-order valence-corrected chi connectivity index (χ3v) is 6.96. The molecule has 0 heterocycles. The van der Waals surface area contributed by atoms with Crippen LogP contribution < -0.4 is 4.72 Å². The highest BCUT2D eigenvalue weighted by molar-refractivity contribution is 7.89. The van der Waals surface area contributed by atoms with Crippen LogP contribution >= 0.6 is 12.6 Å². The molecule has 154 valence electrons. The number of alkyl halides is 3. The fourth-order valence-electron chi connectivity index (χ4n) is 3.59. The summed E-state index contributed by atoms with van der Waals surface area (Å²) in [4.78, 5) is -0.130. The Morgan fingerprint density at radius 2 is 1.39 bits per heavy atom. The van der Waals surface area contributed by atoms with Crippen LogP contribution in [0.2, 0.25) is 0 Å². The fourth-order valence-corrected chi connectivity index (χ4v) is 6.03. The molecule has 0 spiro atoms. The zero-order valence-corrected chi connectivity index (χ0v) is 18.1. The summed E-state index contributed by atoms with van der Waals surface area (Å²) >= 11 is 4.19. The molecule has 28 heavy (non-hydrogen) atoms. The van der Waals surface area contributed by atoms with Crippen molar-refractivity contribution in [2.24, 2.45) is 0 Å². The number of thiol groups is 1. The summed E-state index contributed by atoms with van der Waals surface area (Å²) < 4.78 is 69.2. The van der Waals surface area contributed by atoms with Crippen LogP contribution in [-0.2, 0) is 10.0 Å². The van der Waals surface area contributed by atoms with Crippen molar-refractivity contribution in [3.8, 4) is 0 Å². The number of rotatable bonds is 5. The quantitative estimate of drug-likeness (QED) is 0.647. The first-order chi connectivity index (χ1) is 12.8. The third-order valence-electron chi connectivity index (χ3n) is 4.66. The number of sulfonamides is 1. The molecule has 0 radical (unpaired) electrons. The van der Waals surface area contributed by atoms with Gasteiger partial charge in [0.2, 0.25) is 10.0 Å². The minimum atomic E-state index is -4.82. The Balaban J connectivity index is 2.54. The maximum Gasteiger partial charge on any atom is 0.406 e. The van der Waals surface area contributed by atoms with Gasteiger partial charge in [0.25, 0.3) is 0 Å². The van der Waals surface area contributed by atoms with E-state index in [0.29, 0.717) is 27.8 Å². The van der Waals surface area contributed by atoms with Gasteiger partial charge in [-0.1, -0.05) is 35.9 Å². The number of nitrogens with one attached hydrogen (secondary N) is 1. The topological polar surface area (TPSA) is 46.2 Å². The second kappa shape index (κ2) is 8.08. The highest BCUT2D eigenvalue weighted by Crippen LogP contribution is 2.38. The van der Waals surface area contributed by atoms with E-state index in [4.69, 9.17) is 0 Å². The second-order valence-corrected chi connectivity index (χ2v) is 9.33. The fraction of sp³-hybridized carbons (Fsp3) is 0.400. The first kappa shape index (κ1) is 22.8. The number of hydrogen-bond donors (Lipinski definition) is 2. The van der Waals surface area contributed by atoms with E-state index in [0.717, 1.165) is 5.56 Å². The van der Waals surface area contributed by atoms with E-state index in [9.17, 15) is 21.6 Å². The molecular weight excluding hydrogens is 407 g/mol. The molecule has 0 fully saturated rings. The van der Waals surface area contributed by atoms with Crippen molar-refractivity contribution >= 4 is 22.7 Å². The van der Waals surface area contributed by atoms with Crippen LogP contribution in [0.15, 0.2) is 35.2 Å². The van der Waals surface area contributed by atoms with Crippen LogP contribution in [0.1, 0.15) is 38.6 Å². The van der Waals surface area contributed by atoms with E-state index in [1.54, 1.807) is 65.0 Å². The normalized spacial score (nSPS) is 14.8. The summed E-state index contributed by atoms with van der Waals surface area (Å²) in [6.45, 7) is 8.30. The molecule has 0 aliphatic rings. The largest absolute Gasteiger partial charge is 0.406 e. The Morgan fingerprint density at radius 3 is 1.82 bits per heavy atom. The maximum atomic E-state index is 13.9. The van der Waals surface area contributed by atoms with Crippen LogP contribution in [0.5, 0.6) is 0 Å². The summed E-state index contributed by atoms with van der Waals surface area (Å²) in [6, 6.07) is 5.99. The molecule has 0 bridgehead atoms. The average Bonchev–Trinajstić information content (AvgIpc) is 2.49. The van der Waals surface area contributed by atoms with E-state index in [2.05, 4.69) is 12.6 Å². The molecule has 3 nitrogen and oxygen atoms in total. The Hall–Kier alpha value is -1.51. The number of aryl methyl sites for hydroxylation is 5. The lowest BCUT2D eigenvalue weighted by molar-refractivity contribution is -0.151. The van der Waals surface area contributed by atoms with Gasteiger partial charge in [0, 0.05) is 0 Å². The van der Waals surface area contributed by atoms with Gasteiger partial charge in [0.1, 0.15) is 6.04 Å². The lowest BCUT2D eigenvalue weighted by Gasteiger charge is -2.29. The van der Waals surface area contributed by atoms with Gasteiger partial charge in [-0.25, -0.2) is 8.42 Å². The van der Waals surface area contributed by atoms with Gasteiger partial charge >= 0.3 is 6.18 Å². The zero-order chi connectivity index (χ0) is 21.4. The van der Waals surface area contributed by atoms with Crippen LogP contribution in [0.25, 0.3) is 0 Å². The zero-order valence-electron chi connectivity index (χ0n) is 16.3. The highest BCUT2D eigenvalue weighted by Gasteiger charge is 2.47. The molecule has 2 unspecified atom stereocenters. The standard InChI is InChI=1S/C20H24F3NO2S2/c1-11-9-14(4)18(15(5)10-11)28(25,26)24-19(20(21,22)23)17(27)16-12(2)7-6-8-13(16)3/h6-10,17,19,24,27H,1-5H3. The minimum Gasteiger partial charge on any atom is -0.207 e. The minimum absolute atomic E-state index is 0.130. The number of benzene rings is 2. The van der Waals surface area contributed by atoms with Gasteiger partial charge in [0.05, 0.1) is 10.1 Å².